The molecule has 1 heterocycles. The summed E-state index contributed by atoms with van der Waals surface area (Å²) < 4.78 is 0. The quantitative estimate of drug-likeness (QED) is 0.834. The summed E-state index contributed by atoms with van der Waals surface area (Å²) in [7, 11) is 0. The van der Waals surface area contributed by atoms with Crippen molar-refractivity contribution in [1.29, 1.82) is 0 Å². The Hall–Kier alpha value is 0.01000. The monoisotopic (exact) mass is 215 g/mol. The van der Waals surface area contributed by atoms with Gasteiger partial charge >= 0.3 is 0 Å². The zero-order valence-corrected chi connectivity index (χ0v) is 10.0. The fourth-order valence-electron chi connectivity index (χ4n) is 1.14. The standard InChI is InChI=1S/C10H17NS2/c1-7(2)13-6-9(11)10-8(3)4-5-12-10/h4-5,7,9H,6,11H2,1-3H3. The van der Waals surface area contributed by atoms with Gasteiger partial charge in [0, 0.05) is 16.7 Å². The minimum Gasteiger partial charge on any atom is -0.323 e. The van der Waals surface area contributed by atoms with Gasteiger partial charge in [-0.1, -0.05) is 13.8 Å². The lowest BCUT2D eigenvalue weighted by molar-refractivity contribution is 0.841. The van der Waals surface area contributed by atoms with Gasteiger partial charge in [0.05, 0.1) is 0 Å². The van der Waals surface area contributed by atoms with Crippen molar-refractivity contribution in [3.8, 4) is 0 Å². The van der Waals surface area contributed by atoms with Crippen LogP contribution < -0.4 is 5.73 Å². The maximum Gasteiger partial charge on any atom is 0.0484 e. The van der Waals surface area contributed by atoms with Crippen LogP contribution >= 0.6 is 23.1 Å². The molecule has 1 aromatic heterocycles. The van der Waals surface area contributed by atoms with Gasteiger partial charge < -0.3 is 5.73 Å². The molecule has 1 nitrogen and oxygen atoms in total. The Morgan fingerprint density at radius 1 is 1.54 bits per heavy atom. The van der Waals surface area contributed by atoms with Gasteiger partial charge in [0.25, 0.3) is 0 Å². The normalized spacial score (nSPS) is 13.6. The SMILES string of the molecule is Cc1ccsc1C(N)CSC(C)C. The van der Waals surface area contributed by atoms with E-state index < -0.39 is 0 Å². The zero-order valence-electron chi connectivity index (χ0n) is 8.41. The minimum atomic E-state index is 0.215. The molecule has 0 radical (unpaired) electrons. The van der Waals surface area contributed by atoms with Crippen LogP contribution in [0.2, 0.25) is 0 Å². The Labute approximate surface area is 88.7 Å². The summed E-state index contributed by atoms with van der Waals surface area (Å²) in [6, 6.07) is 2.35. The van der Waals surface area contributed by atoms with Crippen LogP contribution in [0.25, 0.3) is 0 Å². The molecule has 1 aromatic rings. The molecule has 0 saturated carbocycles. The molecule has 74 valence electrons. The Balaban J connectivity index is 2.49. The van der Waals surface area contributed by atoms with Crippen molar-refractivity contribution in [2.75, 3.05) is 5.75 Å². The van der Waals surface area contributed by atoms with Crippen LogP contribution in [0.4, 0.5) is 0 Å². The van der Waals surface area contributed by atoms with Gasteiger partial charge in [-0.3, -0.25) is 0 Å². The van der Waals surface area contributed by atoms with E-state index in [0.29, 0.717) is 5.25 Å². The van der Waals surface area contributed by atoms with Gasteiger partial charge in [-0.15, -0.1) is 11.3 Å². The van der Waals surface area contributed by atoms with Crippen LogP contribution in [-0.2, 0) is 0 Å². The van der Waals surface area contributed by atoms with Crippen LogP contribution in [-0.4, -0.2) is 11.0 Å². The van der Waals surface area contributed by atoms with Gasteiger partial charge in [-0.05, 0) is 29.2 Å². The van der Waals surface area contributed by atoms with Crippen molar-refractivity contribution in [3.05, 3.63) is 21.9 Å². The van der Waals surface area contributed by atoms with Crippen LogP contribution in [0, 0.1) is 6.92 Å². The lowest BCUT2D eigenvalue weighted by Crippen LogP contribution is -2.13. The van der Waals surface area contributed by atoms with Crippen molar-refractivity contribution in [2.45, 2.75) is 32.1 Å². The van der Waals surface area contributed by atoms with Gasteiger partial charge in [0.15, 0.2) is 0 Å². The summed E-state index contributed by atoms with van der Waals surface area (Å²) in [6.45, 7) is 6.54. The summed E-state index contributed by atoms with van der Waals surface area (Å²) in [5, 5.41) is 2.79. The first-order valence-corrected chi connectivity index (χ1v) is 6.45. The minimum absolute atomic E-state index is 0.215. The third kappa shape index (κ3) is 3.33. The number of rotatable bonds is 4. The van der Waals surface area contributed by atoms with Gasteiger partial charge in [-0.25, -0.2) is 0 Å². The van der Waals surface area contributed by atoms with E-state index in [1.165, 1.54) is 10.4 Å². The molecule has 3 heteroatoms. The second kappa shape index (κ2) is 5.03. The smallest absolute Gasteiger partial charge is 0.0484 e. The predicted octanol–water partition coefficient (Wildman–Crippen LogP) is 3.20. The van der Waals surface area contributed by atoms with Crippen molar-refractivity contribution in [1.82, 2.24) is 0 Å². The van der Waals surface area contributed by atoms with Gasteiger partial charge in [0.2, 0.25) is 0 Å². The molecule has 0 amide bonds. The summed E-state index contributed by atoms with van der Waals surface area (Å²) in [4.78, 5) is 1.34. The van der Waals surface area contributed by atoms with E-state index in [9.17, 15) is 0 Å². The average Bonchev–Trinajstić information content (AvgIpc) is 2.47. The number of aryl methyl sites for hydroxylation is 1. The molecule has 1 atom stereocenters. The van der Waals surface area contributed by atoms with Crippen LogP contribution in [0.5, 0.6) is 0 Å². The second-order valence-electron chi connectivity index (χ2n) is 3.46. The Morgan fingerprint density at radius 3 is 2.69 bits per heavy atom. The predicted molar refractivity (Wildman–Crippen MR) is 63.6 cm³/mol. The third-order valence-electron chi connectivity index (χ3n) is 1.85. The van der Waals surface area contributed by atoms with Crippen molar-refractivity contribution in [3.63, 3.8) is 0 Å². The maximum atomic E-state index is 6.08. The Kier molecular flexibility index (Phi) is 4.29. The second-order valence-corrected chi connectivity index (χ2v) is 6.01. The molecule has 13 heavy (non-hydrogen) atoms. The average molecular weight is 215 g/mol. The Bertz CT molecular complexity index is 255. The largest absolute Gasteiger partial charge is 0.323 e. The lowest BCUT2D eigenvalue weighted by atomic mass is 10.2. The topological polar surface area (TPSA) is 26.0 Å². The highest BCUT2D eigenvalue weighted by atomic mass is 32.2. The highest BCUT2D eigenvalue weighted by Crippen LogP contribution is 2.25. The van der Waals surface area contributed by atoms with E-state index in [4.69, 9.17) is 5.73 Å². The number of thioether (sulfide) groups is 1. The molecule has 0 bridgehead atoms. The number of hydrogen-bond acceptors (Lipinski definition) is 3. The third-order valence-corrected chi connectivity index (χ3v) is 4.22. The first-order valence-electron chi connectivity index (χ1n) is 4.52. The van der Waals surface area contributed by atoms with E-state index in [1.807, 2.05) is 11.8 Å². The lowest BCUT2D eigenvalue weighted by Gasteiger charge is -2.12. The van der Waals surface area contributed by atoms with Crippen molar-refractivity contribution >= 4 is 23.1 Å². The molecule has 0 fully saturated rings. The number of thiophene rings is 1. The zero-order chi connectivity index (χ0) is 9.84. The Morgan fingerprint density at radius 2 is 2.23 bits per heavy atom. The summed E-state index contributed by atoms with van der Waals surface area (Å²) in [5.74, 6) is 1.03. The molecule has 1 unspecified atom stereocenters. The number of nitrogens with two attached hydrogens (primary N) is 1. The first kappa shape index (κ1) is 11.1. The van der Waals surface area contributed by atoms with E-state index >= 15 is 0 Å². The molecule has 0 saturated heterocycles. The summed E-state index contributed by atoms with van der Waals surface area (Å²) >= 11 is 3.70. The maximum absolute atomic E-state index is 6.08. The number of hydrogen-bond donors (Lipinski definition) is 1. The molecule has 2 N–H and O–H groups in total. The van der Waals surface area contributed by atoms with Crippen molar-refractivity contribution in [2.24, 2.45) is 5.73 Å². The summed E-state index contributed by atoms with van der Waals surface area (Å²) in [6.07, 6.45) is 0. The first-order chi connectivity index (χ1) is 6.11. The van der Waals surface area contributed by atoms with Crippen LogP contribution in [0.15, 0.2) is 11.4 Å². The molecule has 0 aliphatic rings. The molecule has 0 aromatic carbocycles. The molecular formula is C10H17NS2. The molecule has 1 rings (SSSR count). The summed E-state index contributed by atoms with van der Waals surface area (Å²) in [5.41, 5.74) is 7.41. The van der Waals surface area contributed by atoms with Gasteiger partial charge in [-0.2, -0.15) is 11.8 Å². The van der Waals surface area contributed by atoms with Crippen LogP contribution in [0.1, 0.15) is 30.3 Å². The fraction of sp³-hybridized carbons (Fsp3) is 0.600. The highest BCUT2D eigenvalue weighted by molar-refractivity contribution is 7.99. The fourth-order valence-corrected chi connectivity index (χ4v) is 2.93. The van der Waals surface area contributed by atoms with E-state index in [0.717, 1.165) is 5.75 Å². The van der Waals surface area contributed by atoms with E-state index in [2.05, 4.69) is 32.2 Å². The molecule has 0 aliphatic heterocycles. The van der Waals surface area contributed by atoms with Gasteiger partial charge in [0.1, 0.15) is 0 Å². The highest BCUT2D eigenvalue weighted by Gasteiger charge is 2.10. The van der Waals surface area contributed by atoms with Crippen LogP contribution in [0.3, 0.4) is 0 Å². The van der Waals surface area contributed by atoms with E-state index in [1.54, 1.807) is 11.3 Å². The van der Waals surface area contributed by atoms with E-state index in [-0.39, 0.29) is 6.04 Å². The molecule has 0 spiro atoms. The van der Waals surface area contributed by atoms with Crippen molar-refractivity contribution < 1.29 is 0 Å². The molecular weight excluding hydrogens is 198 g/mol. The molecule has 0 aliphatic carbocycles.